The van der Waals surface area contributed by atoms with Gasteiger partial charge in [0.25, 0.3) is 5.91 Å². The fourth-order valence-electron chi connectivity index (χ4n) is 1.73. The van der Waals surface area contributed by atoms with Crippen molar-refractivity contribution in [3.8, 4) is 0 Å². The number of hydrogen-bond acceptors (Lipinski definition) is 3. The first-order valence-corrected chi connectivity index (χ1v) is 6.88. The molecule has 1 unspecified atom stereocenters. The summed E-state index contributed by atoms with van der Waals surface area (Å²) in [5.74, 6) is -0.233. The molecule has 0 radical (unpaired) electrons. The lowest BCUT2D eigenvalue weighted by molar-refractivity contribution is -0.109. The zero-order valence-corrected chi connectivity index (χ0v) is 12.2. The van der Waals surface area contributed by atoms with Gasteiger partial charge < -0.3 is 15.4 Å². The Labute approximate surface area is 123 Å². The number of amides is 2. The first-order valence-electron chi connectivity index (χ1n) is 6.50. The van der Waals surface area contributed by atoms with Crippen LogP contribution in [0, 0.1) is 0 Å². The first kappa shape index (κ1) is 16.5. The highest BCUT2D eigenvalue weighted by Gasteiger charge is 2.13. The molecule has 2 amide bonds. The van der Waals surface area contributed by atoms with Crippen molar-refractivity contribution in [1.29, 1.82) is 0 Å². The zero-order valence-electron chi connectivity index (χ0n) is 11.4. The Kier molecular flexibility index (Phi) is 7.69. The average Bonchev–Trinajstić information content (AvgIpc) is 2.45. The van der Waals surface area contributed by atoms with Crippen LogP contribution in [-0.4, -0.2) is 38.1 Å². The fourth-order valence-corrected chi connectivity index (χ4v) is 1.95. The van der Waals surface area contributed by atoms with Crippen LogP contribution in [0.25, 0.3) is 0 Å². The van der Waals surface area contributed by atoms with Crippen molar-refractivity contribution in [1.82, 2.24) is 10.6 Å². The molecule has 0 aromatic heterocycles. The van der Waals surface area contributed by atoms with E-state index in [0.29, 0.717) is 43.1 Å². The van der Waals surface area contributed by atoms with E-state index in [9.17, 15) is 9.59 Å². The molecule has 5 nitrogen and oxygen atoms in total. The number of hydrogen-bond donors (Lipinski definition) is 2. The molecule has 0 bridgehead atoms. The SMILES string of the molecule is CCOC(CCNC=O)CNC(=O)c1ccccc1Cl. The third kappa shape index (κ3) is 5.59. The Morgan fingerprint density at radius 1 is 1.45 bits per heavy atom. The van der Waals surface area contributed by atoms with Gasteiger partial charge in [-0.3, -0.25) is 9.59 Å². The summed E-state index contributed by atoms with van der Waals surface area (Å²) in [5, 5.41) is 5.78. The molecule has 0 heterocycles. The van der Waals surface area contributed by atoms with E-state index < -0.39 is 0 Å². The Hall–Kier alpha value is -1.59. The third-order valence-corrected chi connectivity index (χ3v) is 3.03. The summed E-state index contributed by atoms with van der Waals surface area (Å²) in [6.45, 7) is 3.32. The Morgan fingerprint density at radius 2 is 2.20 bits per heavy atom. The Balaban J connectivity index is 2.47. The van der Waals surface area contributed by atoms with Gasteiger partial charge in [0.15, 0.2) is 0 Å². The molecule has 0 aliphatic carbocycles. The largest absolute Gasteiger partial charge is 0.377 e. The van der Waals surface area contributed by atoms with Crippen LogP contribution in [0.5, 0.6) is 0 Å². The van der Waals surface area contributed by atoms with Gasteiger partial charge in [0.1, 0.15) is 0 Å². The van der Waals surface area contributed by atoms with Gasteiger partial charge in [-0.25, -0.2) is 0 Å². The molecule has 1 aromatic rings. The molecular weight excluding hydrogens is 280 g/mol. The lowest BCUT2D eigenvalue weighted by Crippen LogP contribution is -2.35. The topological polar surface area (TPSA) is 67.4 Å². The average molecular weight is 299 g/mol. The highest BCUT2D eigenvalue weighted by atomic mass is 35.5. The van der Waals surface area contributed by atoms with Gasteiger partial charge >= 0.3 is 0 Å². The van der Waals surface area contributed by atoms with Gasteiger partial charge in [-0.15, -0.1) is 0 Å². The molecule has 2 N–H and O–H groups in total. The number of halogens is 1. The number of carbonyl (C=O) groups excluding carboxylic acids is 2. The molecule has 1 rings (SSSR count). The molecule has 110 valence electrons. The van der Waals surface area contributed by atoms with Crippen molar-refractivity contribution in [3.63, 3.8) is 0 Å². The maximum absolute atomic E-state index is 12.0. The standard InChI is InChI=1S/C14H19ClN2O3/c1-2-20-11(7-8-16-10-18)9-17-14(19)12-5-3-4-6-13(12)15/h3-6,10-11H,2,7-9H2,1H3,(H,16,18)(H,17,19). The van der Waals surface area contributed by atoms with Crippen molar-refractivity contribution >= 4 is 23.9 Å². The van der Waals surface area contributed by atoms with Gasteiger partial charge in [-0.05, 0) is 25.5 Å². The smallest absolute Gasteiger partial charge is 0.252 e. The number of carbonyl (C=O) groups is 2. The zero-order chi connectivity index (χ0) is 14.8. The van der Waals surface area contributed by atoms with Crippen LogP contribution in [0.1, 0.15) is 23.7 Å². The van der Waals surface area contributed by atoms with E-state index in [4.69, 9.17) is 16.3 Å². The highest BCUT2D eigenvalue weighted by Crippen LogP contribution is 2.14. The van der Waals surface area contributed by atoms with E-state index in [-0.39, 0.29) is 12.0 Å². The van der Waals surface area contributed by atoms with Gasteiger partial charge in [0.05, 0.1) is 16.7 Å². The lowest BCUT2D eigenvalue weighted by atomic mass is 10.2. The summed E-state index contributed by atoms with van der Waals surface area (Å²) in [5.41, 5.74) is 0.440. The molecule has 0 spiro atoms. The number of nitrogens with one attached hydrogen (secondary N) is 2. The van der Waals surface area contributed by atoms with E-state index in [1.54, 1.807) is 24.3 Å². The summed E-state index contributed by atoms with van der Waals surface area (Å²) >= 11 is 5.96. The van der Waals surface area contributed by atoms with Gasteiger partial charge in [-0.1, -0.05) is 23.7 Å². The van der Waals surface area contributed by atoms with Gasteiger partial charge in [0, 0.05) is 19.7 Å². The van der Waals surface area contributed by atoms with E-state index in [2.05, 4.69) is 10.6 Å². The quantitative estimate of drug-likeness (QED) is 0.538. The van der Waals surface area contributed by atoms with Crippen molar-refractivity contribution in [2.24, 2.45) is 0 Å². The van der Waals surface area contributed by atoms with Crippen LogP contribution < -0.4 is 10.6 Å². The number of ether oxygens (including phenoxy) is 1. The van der Waals surface area contributed by atoms with Gasteiger partial charge in [0.2, 0.25) is 6.41 Å². The molecule has 6 heteroatoms. The van der Waals surface area contributed by atoms with Crippen LogP contribution in [-0.2, 0) is 9.53 Å². The third-order valence-electron chi connectivity index (χ3n) is 2.71. The predicted octanol–water partition coefficient (Wildman–Crippen LogP) is 1.61. The van der Waals surface area contributed by atoms with Crippen LogP contribution in [0.4, 0.5) is 0 Å². The molecule has 0 fully saturated rings. The van der Waals surface area contributed by atoms with E-state index in [1.807, 2.05) is 6.92 Å². The Morgan fingerprint density at radius 3 is 2.85 bits per heavy atom. The first-order chi connectivity index (χ1) is 9.69. The fraction of sp³-hybridized carbons (Fsp3) is 0.429. The van der Waals surface area contributed by atoms with E-state index >= 15 is 0 Å². The second-order valence-electron chi connectivity index (χ2n) is 4.13. The maximum atomic E-state index is 12.0. The van der Waals surface area contributed by atoms with Crippen molar-refractivity contribution in [3.05, 3.63) is 34.9 Å². The van der Waals surface area contributed by atoms with Crippen LogP contribution in [0.3, 0.4) is 0 Å². The second kappa shape index (κ2) is 9.34. The normalized spacial score (nSPS) is 11.7. The number of rotatable bonds is 9. The molecule has 0 saturated heterocycles. The summed E-state index contributed by atoms with van der Waals surface area (Å²) < 4.78 is 5.50. The molecule has 0 aliphatic heterocycles. The van der Waals surface area contributed by atoms with Crippen molar-refractivity contribution in [2.45, 2.75) is 19.4 Å². The summed E-state index contributed by atoms with van der Waals surface area (Å²) in [7, 11) is 0. The minimum Gasteiger partial charge on any atom is -0.377 e. The minimum atomic E-state index is -0.233. The summed E-state index contributed by atoms with van der Waals surface area (Å²) in [6, 6.07) is 6.87. The monoisotopic (exact) mass is 298 g/mol. The maximum Gasteiger partial charge on any atom is 0.252 e. The van der Waals surface area contributed by atoms with Crippen LogP contribution in [0.15, 0.2) is 24.3 Å². The lowest BCUT2D eigenvalue weighted by Gasteiger charge is -2.17. The van der Waals surface area contributed by atoms with E-state index in [0.717, 1.165) is 0 Å². The number of benzene rings is 1. The molecule has 1 atom stereocenters. The van der Waals surface area contributed by atoms with Crippen LogP contribution in [0.2, 0.25) is 5.02 Å². The molecule has 1 aromatic carbocycles. The minimum absolute atomic E-state index is 0.140. The van der Waals surface area contributed by atoms with Crippen molar-refractivity contribution < 1.29 is 14.3 Å². The second-order valence-corrected chi connectivity index (χ2v) is 4.54. The summed E-state index contributed by atoms with van der Waals surface area (Å²) in [6.07, 6.45) is 1.14. The molecule has 0 saturated carbocycles. The summed E-state index contributed by atoms with van der Waals surface area (Å²) in [4.78, 5) is 22.2. The van der Waals surface area contributed by atoms with Crippen LogP contribution >= 0.6 is 11.6 Å². The Bertz CT molecular complexity index is 440. The molecular formula is C14H19ClN2O3. The molecule has 20 heavy (non-hydrogen) atoms. The predicted molar refractivity (Wildman–Crippen MR) is 77.9 cm³/mol. The molecule has 0 aliphatic rings. The van der Waals surface area contributed by atoms with Gasteiger partial charge in [-0.2, -0.15) is 0 Å². The van der Waals surface area contributed by atoms with Crippen molar-refractivity contribution in [2.75, 3.05) is 19.7 Å². The van der Waals surface area contributed by atoms with E-state index in [1.165, 1.54) is 0 Å². The highest BCUT2D eigenvalue weighted by molar-refractivity contribution is 6.33.